The van der Waals surface area contributed by atoms with Crippen LogP contribution in [0.3, 0.4) is 0 Å². The van der Waals surface area contributed by atoms with Gasteiger partial charge >= 0.3 is 0 Å². The van der Waals surface area contributed by atoms with Crippen molar-refractivity contribution in [3.8, 4) is 0 Å². The Labute approximate surface area is 107 Å². The highest BCUT2D eigenvalue weighted by molar-refractivity contribution is 5.24. The molecule has 1 heteroatoms. The molecule has 0 N–H and O–H groups in total. The van der Waals surface area contributed by atoms with Gasteiger partial charge in [0, 0.05) is 11.6 Å². The third kappa shape index (κ3) is 4.49. The number of rotatable bonds is 7. The molecule has 0 spiro atoms. The maximum atomic E-state index is 2.32. The molecular formula is C16H28N+. The summed E-state index contributed by atoms with van der Waals surface area (Å²) in [5.41, 5.74) is 3.03. The normalized spacial score (nSPS) is 11.1. The molecule has 1 heterocycles. The van der Waals surface area contributed by atoms with Gasteiger partial charge < -0.3 is 0 Å². The van der Waals surface area contributed by atoms with Crippen molar-refractivity contribution in [2.75, 3.05) is 0 Å². The molecular weight excluding hydrogens is 206 g/mol. The van der Waals surface area contributed by atoms with Crippen molar-refractivity contribution in [3.63, 3.8) is 0 Å². The second kappa shape index (κ2) is 7.47. The minimum atomic E-state index is 0.774. The van der Waals surface area contributed by atoms with E-state index in [0.29, 0.717) is 0 Å². The number of aromatic nitrogens is 1. The molecule has 0 aliphatic heterocycles. The van der Waals surface area contributed by atoms with Crippen LogP contribution >= 0.6 is 0 Å². The van der Waals surface area contributed by atoms with Gasteiger partial charge in [-0.05, 0) is 31.2 Å². The van der Waals surface area contributed by atoms with E-state index in [1.165, 1.54) is 44.1 Å². The van der Waals surface area contributed by atoms with Crippen LogP contribution in [0, 0.1) is 6.92 Å². The highest BCUT2D eigenvalue weighted by atomic mass is 14.9. The van der Waals surface area contributed by atoms with E-state index in [2.05, 4.69) is 50.8 Å². The Morgan fingerprint density at radius 1 is 1.12 bits per heavy atom. The van der Waals surface area contributed by atoms with Crippen molar-refractivity contribution in [2.24, 2.45) is 7.05 Å². The standard InChI is InChI=1S/C16H28N/c1-5-7-9-15(10-8-6-2)16-11-12-17(4)13-14(16)3/h11-13,15H,5-10H2,1-4H3/q+1. The van der Waals surface area contributed by atoms with E-state index in [1.807, 2.05) is 0 Å². The lowest BCUT2D eigenvalue weighted by Crippen LogP contribution is -2.27. The lowest BCUT2D eigenvalue weighted by atomic mass is 9.87. The Morgan fingerprint density at radius 3 is 2.18 bits per heavy atom. The fraction of sp³-hybridized carbons (Fsp3) is 0.688. The van der Waals surface area contributed by atoms with E-state index >= 15 is 0 Å². The van der Waals surface area contributed by atoms with Crippen LogP contribution in [0.2, 0.25) is 0 Å². The second-order valence-electron chi connectivity index (χ2n) is 5.23. The zero-order chi connectivity index (χ0) is 12.7. The predicted octanol–water partition coefficient (Wildman–Crippen LogP) is 4.28. The van der Waals surface area contributed by atoms with Crippen LogP contribution in [-0.4, -0.2) is 0 Å². The molecule has 1 rings (SSSR count). The van der Waals surface area contributed by atoms with Gasteiger partial charge in [0.2, 0.25) is 0 Å². The molecule has 0 amide bonds. The van der Waals surface area contributed by atoms with Gasteiger partial charge in [0.15, 0.2) is 12.4 Å². The average molecular weight is 234 g/mol. The van der Waals surface area contributed by atoms with Crippen molar-refractivity contribution >= 4 is 0 Å². The van der Waals surface area contributed by atoms with Gasteiger partial charge in [0.25, 0.3) is 0 Å². The number of pyridine rings is 1. The Hall–Kier alpha value is -0.850. The van der Waals surface area contributed by atoms with Crippen LogP contribution in [0.5, 0.6) is 0 Å². The van der Waals surface area contributed by atoms with Gasteiger partial charge in [-0.3, -0.25) is 0 Å². The van der Waals surface area contributed by atoms with Gasteiger partial charge in [-0.15, -0.1) is 0 Å². The molecule has 17 heavy (non-hydrogen) atoms. The Morgan fingerprint density at radius 2 is 1.71 bits per heavy atom. The summed E-state index contributed by atoms with van der Waals surface area (Å²) < 4.78 is 2.15. The van der Waals surface area contributed by atoms with Crippen molar-refractivity contribution in [2.45, 2.75) is 65.2 Å². The van der Waals surface area contributed by atoms with Crippen LogP contribution < -0.4 is 4.57 Å². The molecule has 96 valence electrons. The van der Waals surface area contributed by atoms with Gasteiger partial charge in [-0.25, -0.2) is 4.57 Å². The first kappa shape index (κ1) is 14.2. The summed E-state index contributed by atoms with van der Waals surface area (Å²) in [7, 11) is 2.10. The first-order chi connectivity index (χ1) is 8.19. The van der Waals surface area contributed by atoms with E-state index < -0.39 is 0 Å². The third-order valence-electron chi connectivity index (χ3n) is 3.59. The first-order valence-corrected chi connectivity index (χ1v) is 7.14. The van der Waals surface area contributed by atoms with E-state index in [9.17, 15) is 0 Å². The van der Waals surface area contributed by atoms with E-state index in [0.717, 1.165) is 5.92 Å². The summed E-state index contributed by atoms with van der Waals surface area (Å²) in [4.78, 5) is 0. The lowest BCUT2D eigenvalue weighted by Gasteiger charge is -2.18. The zero-order valence-electron chi connectivity index (χ0n) is 12.0. The van der Waals surface area contributed by atoms with Crippen LogP contribution in [0.1, 0.15) is 69.4 Å². The highest BCUT2D eigenvalue weighted by Gasteiger charge is 2.14. The number of hydrogen-bond donors (Lipinski definition) is 0. The molecule has 1 aromatic rings. The van der Waals surface area contributed by atoms with Gasteiger partial charge in [-0.1, -0.05) is 39.5 Å². The summed E-state index contributed by atoms with van der Waals surface area (Å²) in [5.74, 6) is 0.774. The number of unbranched alkanes of at least 4 members (excludes halogenated alkanes) is 2. The molecule has 0 aromatic carbocycles. The molecule has 0 atom stereocenters. The molecule has 0 bridgehead atoms. The Bertz CT molecular complexity index is 322. The number of hydrogen-bond acceptors (Lipinski definition) is 0. The molecule has 0 saturated carbocycles. The van der Waals surface area contributed by atoms with Crippen LogP contribution in [0.25, 0.3) is 0 Å². The van der Waals surface area contributed by atoms with Gasteiger partial charge in [0.05, 0.1) is 0 Å². The minimum absolute atomic E-state index is 0.774. The average Bonchev–Trinajstić information content (AvgIpc) is 2.30. The smallest absolute Gasteiger partial charge is 0.171 e. The fourth-order valence-corrected chi connectivity index (χ4v) is 2.57. The molecule has 0 saturated heterocycles. The maximum absolute atomic E-state index is 2.32. The number of nitrogens with zero attached hydrogens (tertiary/aromatic N) is 1. The SMILES string of the molecule is CCCCC(CCCC)c1cc[n+](C)cc1C. The lowest BCUT2D eigenvalue weighted by molar-refractivity contribution is -0.671. The van der Waals surface area contributed by atoms with E-state index in [-0.39, 0.29) is 0 Å². The molecule has 0 radical (unpaired) electrons. The van der Waals surface area contributed by atoms with Gasteiger partial charge in [0.1, 0.15) is 7.05 Å². The molecule has 0 unspecified atom stereocenters. The molecule has 0 aliphatic carbocycles. The van der Waals surface area contributed by atoms with E-state index in [1.54, 1.807) is 5.56 Å². The predicted molar refractivity (Wildman–Crippen MR) is 74.1 cm³/mol. The van der Waals surface area contributed by atoms with Crippen molar-refractivity contribution in [1.82, 2.24) is 0 Å². The minimum Gasteiger partial charge on any atom is -0.208 e. The van der Waals surface area contributed by atoms with Crippen molar-refractivity contribution in [1.29, 1.82) is 0 Å². The quantitative estimate of drug-likeness (QED) is 0.620. The highest BCUT2D eigenvalue weighted by Crippen LogP contribution is 2.29. The second-order valence-corrected chi connectivity index (χ2v) is 5.23. The van der Waals surface area contributed by atoms with Crippen molar-refractivity contribution < 1.29 is 4.57 Å². The monoisotopic (exact) mass is 234 g/mol. The fourth-order valence-electron chi connectivity index (χ4n) is 2.57. The summed E-state index contributed by atoms with van der Waals surface area (Å²) in [5, 5.41) is 0. The topological polar surface area (TPSA) is 3.88 Å². The summed E-state index contributed by atoms with van der Waals surface area (Å²) in [6.07, 6.45) is 12.5. The number of aryl methyl sites for hydroxylation is 2. The zero-order valence-corrected chi connectivity index (χ0v) is 12.0. The molecule has 1 aromatic heterocycles. The van der Waals surface area contributed by atoms with Crippen LogP contribution in [-0.2, 0) is 7.05 Å². The Kier molecular flexibility index (Phi) is 6.25. The van der Waals surface area contributed by atoms with Crippen LogP contribution in [0.15, 0.2) is 18.5 Å². The van der Waals surface area contributed by atoms with E-state index in [4.69, 9.17) is 0 Å². The largest absolute Gasteiger partial charge is 0.208 e. The first-order valence-electron chi connectivity index (χ1n) is 7.14. The summed E-state index contributed by atoms with van der Waals surface area (Å²) in [6, 6.07) is 2.32. The summed E-state index contributed by atoms with van der Waals surface area (Å²) >= 11 is 0. The molecule has 1 nitrogen and oxygen atoms in total. The molecule has 0 aliphatic rings. The summed E-state index contributed by atoms with van der Waals surface area (Å²) in [6.45, 7) is 6.82. The van der Waals surface area contributed by atoms with Crippen LogP contribution in [0.4, 0.5) is 0 Å². The third-order valence-corrected chi connectivity index (χ3v) is 3.59. The van der Waals surface area contributed by atoms with Gasteiger partial charge in [-0.2, -0.15) is 0 Å². The maximum Gasteiger partial charge on any atom is 0.171 e. The van der Waals surface area contributed by atoms with Crippen molar-refractivity contribution in [3.05, 3.63) is 29.6 Å². The molecule has 0 fully saturated rings. The Balaban J connectivity index is 2.79.